The van der Waals surface area contributed by atoms with Gasteiger partial charge in [0.05, 0.1) is 28.7 Å². The van der Waals surface area contributed by atoms with Gasteiger partial charge in [0.1, 0.15) is 0 Å². The third-order valence-electron chi connectivity index (χ3n) is 4.73. The van der Waals surface area contributed by atoms with Crippen LogP contribution in [0.4, 0.5) is 0 Å². The van der Waals surface area contributed by atoms with Gasteiger partial charge in [-0.3, -0.25) is 9.97 Å². The van der Waals surface area contributed by atoms with E-state index in [9.17, 15) is 4.79 Å². The van der Waals surface area contributed by atoms with Crippen LogP contribution in [0.15, 0.2) is 55.5 Å². The van der Waals surface area contributed by atoms with E-state index >= 15 is 0 Å². The zero-order valence-electron chi connectivity index (χ0n) is 15.5. The molecule has 3 heterocycles. The molecule has 0 aliphatic carbocycles. The molecular weight excluding hydrogens is 338 g/mol. The number of carboxylic acids is 1. The third kappa shape index (κ3) is 4.82. The SMILES string of the molecule is C=CCCCCCCCn1ccc2cc(-c3cc(C(=O)O)ccn3)ncc21. The molecule has 0 aliphatic heterocycles. The molecule has 3 aromatic rings. The van der Waals surface area contributed by atoms with Gasteiger partial charge < -0.3 is 9.67 Å². The maximum atomic E-state index is 11.1. The molecule has 0 spiro atoms. The Kier molecular flexibility index (Phi) is 6.36. The largest absolute Gasteiger partial charge is 0.478 e. The maximum absolute atomic E-state index is 11.1. The zero-order valence-corrected chi connectivity index (χ0v) is 15.5. The first kappa shape index (κ1) is 18.8. The minimum absolute atomic E-state index is 0.215. The highest BCUT2D eigenvalue weighted by atomic mass is 16.4. The number of aromatic nitrogens is 3. The van der Waals surface area contributed by atoms with Crippen LogP contribution in [0, 0.1) is 0 Å². The lowest BCUT2D eigenvalue weighted by atomic mass is 10.1. The molecule has 5 heteroatoms. The molecule has 0 saturated carbocycles. The van der Waals surface area contributed by atoms with Gasteiger partial charge in [-0.05, 0) is 43.5 Å². The van der Waals surface area contributed by atoms with Crippen LogP contribution in [0.2, 0.25) is 0 Å². The summed E-state index contributed by atoms with van der Waals surface area (Å²) in [6.07, 6.45) is 14.7. The van der Waals surface area contributed by atoms with Gasteiger partial charge in [0.25, 0.3) is 0 Å². The Bertz CT molecular complexity index is 930. The Hall–Kier alpha value is -2.95. The van der Waals surface area contributed by atoms with E-state index in [1.165, 1.54) is 37.9 Å². The maximum Gasteiger partial charge on any atom is 0.335 e. The summed E-state index contributed by atoms with van der Waals surface area (Å²) in [5.41, 5.74) is 2.57. The molecule has 3 rings (SSSR count). The molecule has 27 heavy (non-hydrogen) atoms. The molecule has 0 aliphatic rings. The Morgan fingerprint density at radius 1 is 1.07 bits per heavy atom. The van der Waals surface area contributed by atoms with Crippen LogP contribution in [-0.2, 0) is 6.54 Å². The average molecular weight is 363 g/mol. The lowest BCUT2D eigenvalue weighted by molar-refractivity contribution is 0.0697. The summed E-state index contributed by atoms with van der Waals surface area (Å²) in [7, 11) is 0. The van der Waals surface area contributed by atoms with E-state index in [4.69, 9.17) is 5.11 Å². The molecule has 5 nitrogen and oxygen atoms in total. The molecule has 0 fully saturated rings. The van der Waals surface area contributed by atoms with Crippen LogP contribution in [-0.4, -0.2) is 25.6 Å². The van der Waals surface area contributed by atoms with Crippen molar-refractivity contribution in [2.75, 3.05) is 0 Å². The molecule has 0 radical (unpaired) electrons. The number of hydrogen-bond donors (Lipinski definition) is 1. The van der Waals surface area contributed by atoms with Crippen molar-refractivity contribution in [3.05, 3.63) is 61.1 Å². The van der Waals surface area contributed by atoms with E-state index in [0.29, 0.717) is 11.4 Å². The monoisotopic (exact) mass is 363 g/mol. The molecule has 0 amide bonds. The van der Waals surface area contributed by atoms with Crippen molar-refractivity contribution in [2.24, 2.45) is 0 Å². The number of carbonyl (C=O) groups is 1. The van der Waals surface area contributed by atoms with E-state index in [0.717, 1.165) is 30.3 Å². The van der Waals surface area contributed by atoms with Gasteiger partial charge in [-0.25, -0.2) is 4.79 Å². The molecular formula is C22H25N3O2. The van der Waals surface area contributed by atoms with Crippen molar-refractivity contribution in [1.29, 1.82) is 0 Å². The average Bonchev–Trinajstić information content (AvgIpc) is 3.09. The Morgan fingerprint density at radius 3 is 2.67 bits per heavy atom. The van der Waals surface area contributed by atoms with Gasteiger partial charge in [-0.15, -0.1) is 6.58 Å². The predicted octanol–water partition coefficient (Wildman–Crippen LogP) is 5.32. The van der Waals surface area contributed by atoms with E-state index in [2.05, 4.69) is 33.4 Å². The summed E-state index contributed by atoms with van der Waals surface area (Å²) < 4.78 is 2.23. The first-order chi connectivity index (χ1) is 13.2. The number of allylic oxidation sites excluding steroid dienone is 1. The van der Waals surface area contributed by atoms with E-state index in [1.54, 1.807) is 6.07 Å². The molecule has 0 bridgehead atoms. The first-order valence-electron chi connectivity index (χ1n) is 9.44. The van der Waals surface area contributed by atoms with Gasteiger partial charge in [0, 0.05) is 24.3 Å². The van der Waals surface area contributed by atoms with E-state index in [1.807, 2.05) is 18.3 Å². The van der Waals surface area contributed by atoms with Gasteiger partial charge >= 0.3 is 5.97 Å². The van der Waals surface area contributed by atoms with Crippen LogP contribution < -0.4 is 0 Å². The molecule has 3 aromatic heterocycles. The van der Waals surface area contributed by atoms with Crippen molar-refractivity contribution < 1.29 is 9.90 Å². The summed E-state index contributed by atoms with van der Waals surface area (Å²) in [5.74, 6) is -0.963. The molecule has 0 saturated heterocycles. The fourth-order valence-corrected chi connectivity index (χ4v) is 3.23. The van der Waals surface area contributed by atoms with E-state index < -0.39 is 5.97 Å². The number of hydrogen-bond acceptors (Lipinski definition) is 3. The van der Waals surface area contributed by atoms with E-state index in [-0.39, 0.29) is 5.56 Å². The molecule has 1 N–H and O–H groups in total. The molecule has 140 valence electrons. The van der Waals surface area contributed by atoms with Crippen molar-refractivity contribution >= 4 is 16.9 Å². The summed E-state index contributed by atoms with van der Waals surface area (Å²) in [5, 5.41) is 10.2. The Balaban J connectivity index is 1.65. The number of rotatable bonds is 10. The normalized spacial score (nSPS) is 11.0. The summed E-state index contributed by atoms with van der Waals surface area (Å²) >= 11 is 0. The van der Waals surface area contributed by atoms with Crippen LogP contribution in [0.1, 0.15) is 48.9 Å². The second-order valence-electron chi connectivity index (χ2n) is 6.72. The number of carboxylic acid groups (broad SMARTS) is 1. The highest BCUT2D eigenvalue weighted by Crippen LogP contribution is 2.22. The predicted molar refractivity (Wildman–Crippen MR) is 108 cm³/mol. The number of pyridine rings is 2. The summed E-state index contributed by atoms with van der Waals surface area (Å²) in [6.45, 7) is 4.74. The summed E-state index contributed by atoms with van der Waals surface area (Å²) in [4.78, 5) is 19.9. The van der Waals surface area contributed by atoms with Gasteiger partial charge in [-0.1, -0.05) is 25.3 Å². The topological polar surface area (TPSA) is 68.0 Å². The van der Waals surface area contributed by atoms with Crippen LogP contribution >= 0.6 is 0 Å². The van der Waals surface area contributed by atoms with Crippen molar-refractivity contribution in [2.45, 2.75) is 45.1 Å². The van der Waals surface area contributed by atoms with Crippen molar-refractivity contribution in [3.8, 4) is 11.4 Å². The third-order valence-corrected chi connectivity index (χ3v) is 4.73. The molecule has 0 aromatic carbocycles. The quantitative estimate of drug-likeness (QED) is 0.391. The Labute approximate surface area is 159 Å². The second-order valence-corrected chi connectivity index (χ2v) is 6.72. The van der Waals surface area contributed by atoms with Crippen LogP contribution in [0.5, 0.6) is 0 Å². The number of nitrogens with zero attached hydrogens (tertiary/aromatic N) is 3. The fraction of sp³-hybridized carbons (Fsp3) is 0.318. The second kappa shape index (κ2) is 9.12. The molecule has 0 atom stereocenters. The van der Waals surface area contributed by atoms with Crippen molar-refractivity contribution in [1.82, 2.24) is 14.5 Å². The van der Waals surface area contributed by atoms with Gasteiger partial charge in [0.15, 0.2) is 0 Å². The number of fused-ring (bicyclic) bond motifs is 1. The van der Waals surface area contributed by atoms with Crippen LogP contribution in [0.25, 0.3) is 22.3 Å². The van der Waals surface area contributed by atoms with Crippen LogP contribution in [0.3, 0.4) is 0 Å². The highest BCUT2D eigenvalue weighted by Gasteiger charge is 2.09. The fourth-order valence-electron chi connectivity index (χ4n) is 3.23. The van der Waals surface area contributed by atoms with Crippen molar-refractivity contribution in [3.63, 3.8) is 0 Å². The number of aromatic carboxylic acids is 1. The van der Waals surface area contributed by atoms with Gasteiger partial charge in [-0.2, -0.15) is 0 Å². The van der Waals surface area contributed by atoms with Gasteiger partial charge in [0.2, 0.25) is 0 Å². The first-order valence-corrected chi connectivity index (χ1v) is 9.44. The smallest absolute Gasteiger partial charge is 0.335 e. The lowest BCUT2D eigenvalue weighted by Gasteiger charge is -2.06. The number of unbranched alkanes of at least 4 members (excludes halogenated alkanes) is 5. The highest BCUT2D eigenvalue weighted by molar-refractivity contribution is 5.89. The molecule has 0 unspecified atom stereocenters. The Morgan fingerprint density at radius 2 is 1.85 bits per heavy atom. The minimum atomic E-state index is -0.963. The standard InChI is InChI=1S/C22H25N3O2/c1-2-3-4-5-6-7-8-12-25-13-10-17-14-20(24-16-21(17)25)19-15-18(22(26)27)9-11-23-19/h2,9-11,13-16H,1,3-8,12H2,(H,26,27). The number of aryl methyl sites for hydroxylation is 1. The lowest BCUT2D eigenvalue weighted by Crippen LogP contribution is -1.99. The zero-order chi connectivity index (χ0) is 19.1. The summed E-state index contributed by atoms with van der Waals surface area (Å²) in [6, 6.07) is 7.08. The minimum Gasteiger partial charge on any atom is -0.478 e.